The molecule has 0 rings (SSSR count). The van der Waals surface area contributed by atoms with Crippen LogP contribution in [0.1, 0.15) is 187 Å². The lowest BCUT2D eigenvalue weighted by Gasteiger charge is -2.15. The predicted octanol–water partition coefficient (Wildman–Crippen LogP) is 12.5. The summed E-state index contributed by atoms with van der Waals surface area (Å²) in [4.78, 5) is 33.9. The molecule has 0 aliphatic heterocycles. The topological polar surface area (TPSA) is 131 Å². The van der Waals surface area contributed by atoms with Gasteiger partial charge in [-0.1, -0.05) is 184 Å². The number of ether oxygens (including phenoxy) is 1. The van der Waals surface area contributed by atoms with Crippen molar-refractivity contribution in [3.05, 3.63) is 60.8 Å². The first-order valence-electron chi connectivity index (χ1n) is 22.3. The molecule has 0 aliphatic rings. The standard InChI is InChI=1S/C46H82NO8P/c1-3-5-7-9-11-13-15-17-19-21-23-25-27-29-31-33-35-37-39-46(50)53-42-44(48)43-55-56(51,52)54-41-40-47-45(49)38-36-34-32-30-28-26-24-22-20-18-16-14-12-10-8-6-4-2/h6,8,12,14,18,20,24,26,30,32,44,48H,3-5,7,9-11,13,15-17,19,21-23,25,27-29,31,33-43H2,1-2H3,(H,47,49)(H,51,52)/b8-6-,14-12-,20-18-,26-24-,32-30-. The molecular formula is C46H82NO8P. The molecule has 0 fully saturated rings. The van der Waals surface area contributed by atoms with Crippen molar-refractivity contribution in [3.63, 3.8) is 0 Å². The molecule has 2 atom stereocenters. The number of hydrogen-bond donors (Lipinski definition) is 3. The smallest absolute Gasteiger partial charge is 0.463 e. The van der Waals surface area contributed by atoms with Gasteiger partial charge >= 0.3 is 13.8 Å². The highest BCUT2D eigenvalue weighted by Crippen LogP contribution is 2.42. The summed E-state index contributed by atoms with van der Waals surface area (Å²) in [5.74, 6) is -0.575. The van der Waals surface area contributed by atoms with Crippen molar-refractivity contribution in [2.45, 2.75) is 193 Å². The number of hydrogen-bond acceptors (Lipinski definition) is 7. The van der Waals surface area contributed by atoms with Gasteiger partial charge in [-0.3, -0.25) is 18.6 Å². The molecule has 2 unspecified atom stereocenters. The molecule has 0 aromatic rings. The van der Waals surface area contributed by atoms with Crippen LogP contribution in [0.5, 0.6) is 0 Å². The van der Waals surface area contributed by atoms with Crippen LogP contribution < -0.4 is 5.32 Å². The number of carbonyl (C=O) groups excluding carboxylic acids is 2. The van der Waals surface area contributed by atoms with Gasteiger partial charge in [0.1, 0.15) is 12.7 Å². The molecule has 0 aromatic heterocycles. The largest absolute Gasteiger partial charge is 0.472 e. The van der Waals surface area contributed by atoms with Crippen molar-refractivity contribution >= 4 is 19.7 Å². The number of aliphatic hydroxyl groups excluding tert-OH is 1. The van der Waals surface area contributed by atoms with Crippen LogP contribution in [0, 0.1) is 0 Å². The Morgan fingerprint density at radius 1 is 0.571 bits per heavy atom. The fourth-order valence-electron chi connectivity index (χ4n) is 5.89. The number of aliphatic hydroxyl groups is 1. The van der Waals surface area contributed by atoms with Crippen molar-refractivity contribution in [2.75, 3.05) is 26.4 Å². The lowest BCUT2D eigenvalue weighted by atomic mass is 10.0. The van der Waals surface area contributed by atoms with Crippen molar-refractivity contribution in [3.8, 4) is 0 Å². The first-order valence-corrected chi connectivity index (χ1v) is 23.8. The Bertz CT molecular complexity index is 1100. The zero-order valence-electron chi connectivity index (χ0n) is 35.6. The number of amides is 1. The minimum atomic E-state index is -4.43. The van der Waals surface area contributed by atoms with Crippen LogP contribution in [-0.4, -0.2) is 54.3 Å². The maximum absolute atomic E-state index is 12.1. The quantitative estimate of drug-likeness (QED) is 0.0241. The second kappa shape index (κ2) is 42.3. The summed E-state index contributed by atoms with van der Waals surface area (Å²) >= 11 is 0. The minimum absolute atomic E-state index is 0.0496. The van der Waals surface area contributed by atoms with Gasteiger partial charge in [0.15, 0.2) is 0 Å². The Balaban J connectivity index is 3.65. The van der Waals surface area contributed by atoms with E-state index in [1.54, 1.807) is 0 Å². The van der Waals surface area contributed by atoms with Crippen molar-refractivity contribution in [2.24, 2.45) is 0 Å². The van der Waals surface area contributed by atoms with E-state index in [1.165, 1.54) is 96.3 Å². The maximum Gasteiger partial charge on any atom is 0.472 e. The Morgan fingerprint density at radius 2 is 1.02 bits per heavy atom. The maximum atomic E-state index is 12.1. The van der Waals surface area contributed by atoms with Gasteiger partial charge in [-0.25, -0.2) is 4.57 Å². The second-order valence-corrected chi connectivity index (χ2v) is 16.1. The monoisotopic (exact) mass is 808 g/mol. The molecule has 0 saturated heterocycles. The zero-order valence-corrected chi connectivity index (χ0v) is 36.5. The summed E-state index contributed by atoms with van der Waals surface area (Å²) in [5.41, 5.74) is 0. The molecule has 0 saturated carbocycles. The van der Waals surface area contributed by atoms with Crippen LogP contribution >= 0.6 is 7.82 Å². The van der Waals surface area contributed by atoms with E-state index in [-0.39, 0.29) is 32.1 Å². The van der Waals surface area contributed by atoms with E-state index in [0.29, 0.717) is 12.8 Å². The van der Waals surface area contributed by atoms with Crippen LogP contribution in [0.4, 0.5) is 0 Å². The normalized spacial score (nSPS) is 13.9. The van der Waals surface area contributed by atoms with Gasteiger partial charge in [0.25, 0.3) is 0 Å². The van der Waals surface area contributed by atoms with Gasteiger partial charge in [0, 0.05) is 19.4 Å². The van der Waals surface area contributed by atoms with E-state index in [2.05, 4.69) is 79.9 Å². The summed E-state index contributed by atoms with van der Waals surface area (Å²) in [6.45, 7) is 3.38. The fraction of sp³-hybridized carbons (Fsp3) is 0.739. The van der Waals surface area contributed by atoms with Crippen molar-refractivity contribution < 1.29 is 37.9 Å². The van der Waals surface area contributed by atoms with Crippen LogP contribution in [-0.2, 0) is 27.9 Å². The highest BCUT2D eigenvalue weighted by atomic mass is 31.2. The highest BCUT2D eigenvalue weighted by Gasteiger charge is 2.23. The number of nitrogens with one attached hydrogen (secondary N) is 1. The number of phosphoric ester groups is 1. The highest BCUT2D eigenvalue weighted by molar-refractivity contribution is 7.47. The molecule has 0 spiro atoms. The third-order valence-corrected chi connectivity index (χ3v) is 10.2. The summed E-state index contributed by atoms with van der Waals surface area (Å²) in [6.07, 6.45) is 50.2. The summed E-state index contributed by atoms with van der Waals surface area (Å²) in [5, 5.41) is 12.7. The first-order chi connectivity index (χ1) is 27.3. The predicted molar refractivity (Wildman–Crippen MR) is 233 cm³/mol. The third kappa shape index (κ3) is 42.8. The van der Waals surface area contributed by atoms with E-state index in [0.717, 1.165) is 57.8 Å². The molecule has 0 radical (unpaired) electrons. The third-order valence-electron chi connectivity index (χ3n) is 9.21. The molecule has 1 amide bonds. The van der Waals surface area contributed by atoms with Gasteiger partial charge in [-0.2, -0.15) is 0 Å². The molecule has 3 N–H and O–H groups in total. The number of allylic oxidation sites excluding steroid dienone is 10. The molecule has 0 aliphatic carbocycles. The van der Waals surface area contributed by atoms with E-state index in [9.17, 15) is 24.2 Å². The molecule has 324 valence electrons. The number of unbranched alkanes of at least 4 members (excludes halogenated alkanes) is 18. The average Bonchev–Trinajstić information content (AvgIpc) is 3.18. The van der Waals surface area contributed by atoms with Gasteiger partial charge in [0.2, 0.25) is 5.91 Å². The van der Waals surface area contributed by atoms with E-state index in [4.69, 9.17) is 13.8 Å². The number of rotatable bonds is 41. The summed E-state index contributed by atoms with van der Waals surface area (Å²) < 4.78 is 26.9. The average molecular weight is 808 g/mol. The molecule has 56 heavy (non-hydrogen) atoms. The van der Waals surface area contributed by atoms with Gasteiger partial charge in [-0.05, 0) is 51.4 Å². The SMILES string of the molecule is CC/C=C\C/C=C\C/C=C\C/C=C\C/C=C\CCCC(=O)NCCOP(=O)(O)OCC(O)COC(=O)CCCCCCCCCCCCCCCCCCCC. The summed E-state index contributed by atoms with van der Waals surface area (Å²) in [6, 6.07) is 0. The van der Waals surface area contributed by atoms with Crippen molar-refractivity contribution in [1.29, 1.82) is 0 Å². The number of carbonyl (C=O) groups is 2. The lowest BCUT2D eigenvalue weighted by molar-refractivity contribution is -0.147. The Labute approximate surface area is 342 Å². The molecule has 0 aromatic carbocycles. The number of phosphoric acid groups is 1. The van der Waals surface area contributed by atoms with E-state index in [1.807, 2.05) is 0 Å². The Morgan fingerprint density at radius 3 is 1.50 bits per heavy atom. The van der Waals surface area contributed by atoms with Gasteiger partial charge < -0.3 is 20.1 Å². The molecule has 10 heteroatoms. The van der Waals surface area contributed by atoms with Crippen LogP contribution in [0.15, 0.2) is 60.8 Å². The van der Waals surface area contributed by atoms with Gasteiger partial charge in [-0.15, -0.1) is 0 Å². The second-order valence-electron chi connectivity index (χ2n) is 14.6. The van der Waals surface area contributed by atoms with Gasteiger partial charge in [0.05, 0.1) is 13.2 Å². The molecular weight excluding hydrogens is 725 g/mol. The summed E-state index contributed by atoms with van der Waals surface area (Å²) in [7, 11) is -4.43. The lowest BCUT2D eigenvalue weighted by Crippen LogP contribution is -2.27. The fourth-order valence-corrected chi connectivity index (χ4v) is 6.64. The minimum Gasteiger partial charge on any atom is -0.463 e. The van der Waals surface area contributed by atoms with Crippen LogP contribution in [0.3, 0.4) is 0 Å². The zero-order chi connectivity index (χ0) is 41.1. The van der Waals surface area contributed by atoms with Crippen LogP contribution in [0.25, 0.3) is 0 Å². The molecule has 0 bridgehead atoms. The Kier molecular flexibility index (Phi) is 40.6. The molecule has 9 nitrogen and oxygen atoms in total. The first kappa shape index (κ1) is 53.7. The molecule has 0 heterocycles. The van der Waals surface area contributed by atoms with Crippen LogP contribution in [0.2, 0.25) is 0 Å². The van der Waals surface area contributed by atoms with Crippen molar-refractivity contribution in [1.82, 2.24) is 5.32 Å². The Hall–Kier alpha value is -2.29. The number of esters is 1. The van der Waals surface area contributed by atoms with E-state index < -0.39 is 26.5 Å². The van der Waals surface area contributed by atoms with E-state index >= 15 is 0 Å².